The molecule has 0 aliphatic rings. The van der Waals surface area contributed by atoms with Crippen molar-refractivity contribution in [1.82, 2.24) is 4.98 Å². The fourth-order valence-corrected chi connectivity index (χ4v) is 2.81. The van der Waals surface area contributed by atoms with Crippen molar-refractivity contribution >= 4 is 11.7 Å². The molecule has 0 radical (unpaired) electrons. The molecule has 0 fully saturated rings. The molecule has 0 saturated carbocycles. The Morgan fingerprint density at radius 1 is 0.889 bits per heavy atom. The van der Waals surface area contributed by atoms with Crippen molar-refractivity contribution in [2.24, 2.45) is 0 Å². The van der Waals surface area contributed by atoms with Crippen molar-refractivity contribution in [2.45, 2.75) is 18.5 Å². The molecular formula is C21H17F3N2O. The smallest absolute Gasteiger partial charge is 0.311 e. The number of rotatable bonds is 5. The van der Waals surface area contributed by atoms with Crippen LogP contribution in [0, 0.1) is 0 Å². The van der Waals surface area contributed by atoms with Crippen molar-refractivity contribution in [3.63, 3.8) is 0 Å². The predicted molar refractivity (Wildman–Crippen MR) is 97.2 cm³/mol. The number of hydrogen-bond acceptors (Lipinski definition) is 2. The molecule has 1 N–H and O–H groups in total. The summed E-state index contributed by atoms with van der Waals surface area (Å²) in [5.74, 6) is -0.394. The van der Waals surface area contributed by atoms with Gasteiger partial charge in [-0.25, -0.2) is 4.98 Å². The van der Waals surface area contributed by atoms with Crippen LogP contribution in [-0.4, -0.2) is 10.9 Å². The van der Waals surface area contributed by atoms with E-state index in [2.05, 4.69) is 10.3 Å². The molecule has 6 heteroatoms. The van der Waals surface area contributed by atoms with Crippen LogP contribution < -0.4 is 5.32 Å². The van der Waals surface area contributed by atoms with Crippen molar-refractivity contribution in [2.75, 3.05) is 5.32 Å². The highest BCUT2D eigenvalue weighted by molar-refractivity contribution is 5.90. The van der Waals surface area contributed by atoms with E-state index in [0.29, 0.717) is 6.20 Å². The van der Waals surface area contributed by atoms with Crippen molar-refractivity contribution in [3.05, 3.63) is 95.7 Å². The molecule has 0 atom stereocenters. The number of pyridine rings is 1. The van der Waals surface area contributed by atoms with E-state index >= 15 is 0 Å². The molecule has 0 saturated heterocycles. The minimum Gasteiger partial charge on any atom is -0.311 e. The van der Waals surface area contributed by atoms with Gasteiger partial charge in [0.25, 0.3) is 0 Å². The van der Waals surface area contributed by atoms with Gasteiger partial charge in [-0.1, -0.05) is 60.7 Å². The van der Waals surface area contributed by atoms with E-state index in [1.54, 1.807) is 0 Å². The first kappa shape index (κ1) is 18.6. The van der Waals surface area contributed by atoms with Gasteiger partial charge in [-0.05, 0) is 23.3 Å². The summed E-state index contributed by atoms with van der Waals surface area (Å²) in [6.45, 7) is 0. The highest BCUT2D eigenvalue weighted by Crippen LogP contribution is 2.30. The number of carbonyl (C=O) groups excluding carboxylic acids is 1. The van der Waals surface area contributed by atoms with Crippen LogP contribution in [-0.2, 0) is 11.0 Å². The highest BCUT2D eigenvalue weighted by atomic mass is 19.4. The van der Waals surface area contributed by atoms with E-state index in [0.717, 1.165) is 23.3 Å². The third-order valence-electron chi connectivity index (χ3n) is 4.15. The first-order valence-electron chi connectivity index (χ1n) is 8.36. The van der Waals surface area contributed by atoms with E-state index < -0.39 is 11.7 Å². The standard InChI is InChI=1S/C21H17F3N2O/c22-21(23,24)17-11-12-19(25-14-17)26-20(27)13-18(15-7-3-1-4-8-15)16-9-5-2-6-10-16/h1-12,14,18H,13H2,(H,25,26,27). The Bertz CT molecular complexity index is 839. The molecule has 27 heavy (non-hydrogen) atoms. The summed E-state index contributed by atoms with van der Waals surface area (Å²) in [7, 11) is 0. The molecular weight excluding hydrogens is 353 g/mol. The second-order valence-electron chi connectivity index (χ2n) is 6.06. The van der Waals surface area contributed by atoms with Crippen molar-refractivity contribution < 1.29 is 18.0 Å². The van der Waals surface area contributed by atoms with E-state index in [1.807, 2.05) is 60.7 Å². The molecule has 0 spiro atoms. The Labute approximate surface area is 154 Å². The lowest BCUT2D eigenvalue weighted by Crippen LogP contribution is -2.17. The van der Waals surface area contributed by atoms with Crippen LogP contribution in [0.4, 0.5) is 19.0 Å². The minimum atomic E-state index is -4.46. The van der Waals surface area contributed by atoms with Crippen LogP contribution >= 0.6 is 0 Å². The first-order valence-corrected chi connectivity index (χ1v) is 8.36. The number of alkyl halides is 3. The Morgan fingerprint density at radius 3 is 1.89 bits per heavy atom. The van der Waals surface area contributed by atoms with Crippen LogP contribution in [0.3, 0.4) is 0 Å². The predicted octanol–water partition coefficient (Wildman–Crippen LogP) is 5.26. The quantitative estimate of drug-likeness (QED) is 0.666. The average molecular weight is 370 g/mol. The van der Waals surface area contributed by atoms with Gasteiger partial charge in [0.1, 0.15) is 5.82 Å². The number of anilines is 1. The largest absolute Gasteiger partial charge is 0.417 e. The van der Waals surface area contributed by atoms with Gasteiger partial charge in [-0.15, -0.1) is 0 Å². The van der Waals surface area contributed by atoms with Gasteiger partial charge in [-0.3, -0.25) is 4.79 Å². The summed E-state index contributed by atoms with van der Waals surface area (Å²) in [6, 6.07) is 21.2. The highest BCUT2D eigenvalue weighted by Gasteiger charge is 2.30. The second-order valence-corrected chi connectivity index (χ2v) is 6.06. The van der Waals surface area contributed by atoms with Gasteiger partial charge in [0.05, 0.1) is 5.56 Å². The topological polar surface area (TPSA) is 42.0 Å². The molecule has 1 aromatic heterocycles. The van der Waals surface area contributed by atoms with E-state index in [9.17, 15) is 18.0 Å². The van der Waals surface area contributed by atoms with Gasteiger partial charge in [0.15, 0.2) is 0 Å². The number of halogens is 3. The molecule has 3 nitrogen and oxygen atoms in total. The normalized spacial score (nSPS) is 11.4. The maximum atomic E-state index is 12.6. The lowest BCUT2D eigenvalue weighted by Gasteiger charge is -2.18. The third-order valence-corrected chi connectivity index (χ3v) is 4.15. The molecule has 3 rings (SSSR count). The fraction of sp³-hybridized carbons (Fsp3) is 0.143. The van der Waals surface area contributed by atoms with E-state index in [1.165, 1.54) is 0 Å². The zero-order chi connectivity index (χ0) is 19.3. The average Bonchev–Trinajstić information content (AvgIpc) is 2.67. The molecule has 138 valence electrons. The molecule has 0 unspecified atom stereocenters. The number of amides is 1. The van der Waals surface area contributed by atoms with Gasteiger partial charge in [-0.2, -0.15) is 13.2 Å². The zero-order valence-corrected chi connectivity index (χ0v) is 14.3. The summed E-state index contributed by atoms with van der Waals surface area (Å²) >= 11 is 0. The maximum absolute atomic E-state index is 12.6. The van der Waals surface area contributed by atoms with Crippen LogP contribution in [0.25, 0.3) is 0 Å². The summed E-state index contributed by atoms with van der Waals surface area (Å²) in [4.78, 5) is 16.2. The van der Waals surface area contributed by atoms with Gasteiger partial charge in [0, 0.05) is 18.5 Å². The zero-order valence-electron chi connectivity index (χ0n) is 14.3. The third kappa shape index (κ3) is 4.94. The van der Waals surface area contributed by atoms with Crippen LogP contribution in [0.5, 0.6) is 0 Å². The summed E-state index contributed by atoms with van der Waals surface area (Å²) in [6.07, 6.45) is -3.60. The summed E-state index contributed by atoms with van der Waals surface area (Å²) in [5, 5.41) is 2.57. The van der Waals surface area contributed by atoms with Crippen molar-refractivity contribution in [3.8, 4) is 0 Å². The molecule has 0 aliphatic carbocycles. The van der Waals surface area contributed by atoms with E-state index in [-0.39, 0.29) is 24.1 Å². The number of benzene rings is 2. The van der Waals surface area contributed by atoms with Crippen LogP contribution in [0.2, 0.25) is 0 Å². The van der Waals surface area contributed by atoms with Crippen LogP contribution in [0.1, 0.15) is 29.0 Å². The molecule has 3 aromatic rings. The summed E-state index contributed by atoms with van der Waals surface area (Å²) in [5.41, 5.74) is 1.12. The Morgan fingerprint density at radius 2 is 1.44 bits per heavy atom. The number of carbonyl (C=O) groups is 1. The Hall–Kier alpha value is -3.15. The maximum Gasteiger partial charge on any atom is 0.417 e. The number of nitrogens with one attached hydrogen (secondary N) is 1. The molecule has 1 heterocycles. The Kier molecular flexibility index (Phi) is 5.54. The number of hydrogen-bond donors (Lipinski definition) is 1. The molecule has 0 bridgehead atoms. The molecule has 1 amide bonds. The Balaban J connectivity index is 1.75. The van der Waals surface area contributed by atoms with Crippen LogP contribution in [0.15, 0.2) is 79.0 Å². The summed E-state index contributed by atoms with van der Waals surface area (Å²) < 4.78 is 37.8. The fourth-order valence-electron chi connectivity index (χ4n) is 2.81. The number of nitrogens with zero attached hydrogens (tertiary/aromatic N) is 1. The van der Waals surface area contributed by atoms with Gasteiger partial charge in [0.2, 0.25) is 5.91 Å². The minimum absolute atomic E-state index is 0.0906. The van der Waals surface area contributed by atoms with Gasteiger partial charge < -0.3 is 5.32 Å². The lowest BCUT2D eigenvalue weighted by molar-refractivity contribution is -0.137. The monoisotopic (exact) mass is 370 g/mol. The van der Waals surface area contributed by atoms with Crippen molar-refractivity contribution in [1.29, 1.82) is 0 Å². The SMILES string of the molecule is O=C(CC(c1ccccc1)c1ccccc1)Nc1ccc(C(F)(F)F)cn1. The second kappa shape index (κ2) is 8.03. The van der Waals surface area contributed by atoms with Gasteiger partial charge >= 0.3 is 6.18 Å². The molecule has 0 aliphatic heterocycles. The number of aromatic nitrogens is 1. The van der Waals surface area contributed by atoms with E-state index in [4.69, 9.17) is 0 Å². The molecule has 2 aromatic carbocycles. The first-order chi connectivity index (χ1) is 12.9. The lowest BCUT2D eigenvalue weighted by atomic mass is 9.88.